The molecule has 31 heavy (non-hydrogen) atoms. The molecule has 0 aromatic heterocycles. The highest BCUT2D eigenvalue weighted by molar-refractivity contribution is 7.99. The first-order valence-electron chi connectivity index (χ1n) is 10.8. The zero-order valence-corrected chi connectivity index (χ0v) is 20.4. The highest BCUT2D eigenvalue weighted by Gasteiger charge is 2.29. The molecule has 0 saturated carbocycles. The summed E-state index contributed by atoms with van der Waals surface area (Å²) in [5, 5.41) is 3.69. The van der Waals surface area contributed by atoms with Crippen molar-refractivity contribution in [1.29, 1.82) is 0 Å². The molecule has 2 atom stereocenters. The summed E-state index contributed by atoms with van der Waals surface area (Å²) in [5.41, 5.74) is 3.36. The Hall–Kier alpha value is -1.98. The van der Waals surface area contributed by atoms with Gasteiger partial charge in [0.2, 0.25) is 11.8 Å². The predicted octanol–water partition coefficient (Wildman–Crippen LogP) is 5.60. The minimum absolute atomic E-state index is 0.0289. The van der Waals surface area contributed by atoms with E-state index < -0.39 is 6.04 Å². The molecular formula is C25H33ClN2O2S. The lowest BCUT2D eigenvalue weighted by atomic mass is 10.1. The topological polar surface area (TPSA) is 49.4 Å². The molecule has 0 aliphatic rings. The fourth-order valence-electron chi connectivity index (χ4n) is 3.29. The molecular weight excluding hydrogens is 428 g/mol. The maximum Gasteiger partial charge on any atom is 0.243 e. The van der Waals surface area contributed by atoms with E-state index in [2.05, 4.69) is 30.4 Å². The second-order valence-corrected chi connectivity index (χ2v) is 9.29. The van der Waals surface area contributed by atoms with Gasteiger partial charge >= 0.3 is 0 Å². The summed E-state index contributed by atoms with van der Waals surface area (Å²) in [4.78, 5) is 27.9. The Morgan fingerprint density at radius 3 is 2.39 bits per heavy atom. The smallest absolute Gasteiger partial charge is 0.243 e. The van der Waals surface area contributed by atoms with Crippen molar-refractivity contribution in [3.63, 3.8) is 0 Å². The molecule has 1 N–H and O–H groups in total. The van der Waals surface area contributed by atoms with Gasteiger partial charge in [-0.25, -0.2) is 0 Å². The minimum atomic E-state index is -0.503. The van der Waals surface area contributed by atoms with E-state index in [0.29, 0.717) is 23.7 Å². The summed E-state index contributed by atoms with van der Waals surface area (Å²) >= 11 is 7.59. The van der Waals surface area contributed by atoms with Crippen LogP contribution in [0.1, 0.15) is 50.3 Å². The third kappa shape index (κ3) is 8.23. The van der Waals surface area contributed by atoms with Gasteiger partial charge in [-0.3, -0.25) is 9.59 Å². The lowest BCUT2D eigenvalue weighted by Gasteiger charge is -2.31. The van der Waals surface area contributed by atoms with Gasteiger partial charge in [0.1, 0.15) is 6.04 Å². The fourth-order valence-corrected chi connectivity index (χ4v) is 4.27. The molecule has 0 radical (unpaired) electrons. The fraction of sp³-hybridized carbons (Fsp3) is 0.440. The second kappa shape index (κ2) is 12.8. The Balaban J connectivity index is 2.13. The maximum atomic E-state index is 13.2. The van der Waals surface area contributed by atoms with Crippen molar-refractivity contribution in [2.24, 2.45) is 0 Å². The van der Waals surface area contributed by atoms with Gasteiger partial charge in [0.05, 0.1) is 5.75 Å². The van der Waals surface area contributed by atoms with E-state index in [9.17, 15) is 9.59 Å². The molecule has 2 amide bonds. The average Bonchev–Trinajstić information content (AvgIpc) is 2.74. The van der Waals surface area contributed by atoms with E-state index in [1.165, 1.54) is 11.1 Å². The van der Waals surface area contributed by atoms with Gasteiger partial charge in [-0.1, -0.05) is 67.4 Å². The maximum absolute atomic E-state index is 13.2. The molecule has 2 aromatic rings. The lowest BCUT2D eigenvalue weighted by molar-refractivity contribution is -0.139. The lowest BCUT2D eigenvalue weighted by Crippen LogP contribution is -2.51. The third-order valence-corrected chi connectivity index (χ3v) is 6.47. The first-order chi connectivity index (χ1) is 14.8. The normalized spacial score (nSPS) is 12.8. The van der Waals surface area contributed by atoms with Crippen LogP contribution >= 0.6 is 23.4 Å². The molecule has 2 unspecified atom stereocenters. The first-order valence-corrected chi connectivity index (χ1v) is 12.3. The molecule has 4 nitrogen and oxygen atoms in total. The van der Waals surface area contributed by atoms with Crippen LogP contribution in [-0.4, -0.2) is 34.6 Å². The Morgan fingerprint density at radius 2 is 1.77 bits per heavy atom. The van der Waals surface area contributed by atoms with Crippen LogP contribution in [0.25, 0.3) is 0 Å². The molecule has 0 aliphatic carbocycles. The Bertz CT molecular complexity index is 857. The van der Waals surface area contributed by atoms with Crippen LogP contribution in [0.5, 0.6) is 0 Å². The number of benzene rings is 2. The quantitative estimate of drug-likeness (QED) is 0.474. The van der Waals surface area contributed by atoms with E-state index in [1.54, 1.807) is 16.7 Å². The largest absolute Gasteiger partial charge is 0.352 e. The van der Waals surface area contributed by atoms with Crippen LogP contribution in [0.15, 0.2) is 48.5 Å². The number of amides is 2. The van der Waals surface area contributed by atoms with Crippen LogP contribution in [0.3, 0.4) is 0 Å². The zero-order chi connectivity index (χ0) is 22.8. The van der Waals surface area contributed by atoms with E-state index in [4.69, 9.17) is 11.6 Å². The Kier molecular flexibility index (Phi) is 10.4. The molecule has 2 aromatic carbocycles. The number of rotatable bonds is 11. The second-order valence-electron chi connectivity index (χ2n) is 7.87. The van der Waals surface area contributed by atoms with Crippen molar-refractivity contribution in [3.8, 4) is 0 Å². The minimum Gasteiger partial charge on any atom is -0.352 e. The standard InChI is InChI=1S/C25H33ClN2O2S/c1-5-19(4)27-25(30)23(6-2)28(15-20-10-12-22(26)13-11-20)24(29)17-31-16-21-9-7-8-18(3)14-21/h7-14,19,23H,5-6,15-17H2,1-4H3,(H,27,30). The van der Waals surface area contributed by atoms with Crippen LogP contribution in [-0.2, 0) is 21.9 Å². The highest BCUT2D eigenvalue weighted by Crippen LogP contribution is 2.19. The van der Waals surface area contributed by atoms with Gasteiger partial charge in [-0.2, -0.15) is 0 Å². The number of aryl methyl sites for hydroxylation is 1. The van der Waals surface area contributed by atoms with Crippen molar-refractivity contribution < 1.29 is 9.59 Å². The summed E-state index contributed by atoms with van der Waals surface area (Å²) in [5.74, 6) is 0.966. The van der Waals surface area contributed by atoms with E-state index in [0.717, 1.165) is 17.7 Å². The summed E-state index contributed by atoms with van der Waals surface area (Å²) in [6, 6.07) is 15.3. The number of carbonyl (C=O) groups is 2. The van der Waals surface area contributed by atoms with Crippen LogP contribution in [0, 0.1) is 6.92 Å². The van der Waals surface area contributed by atoms with E-state index >= 15 is 0 Å². The predicted molar refractivity (Wildman–Crippen MR) is 131 cm³/mol. The molecule has 0 bridgehead atoms. The van der Waals surface area contributed by atoms with Crippen LogP contribution < -0.4 is 5.32 Å². The van der Waals surface area contributed by atoms with Gasteiger partial charge in [0.25, 0.3) is 0 Å². The van der Waals surface area contributed by atoms with Gasteiger partial charge in [-0.05, 0) is 49.9 Å². The number of hydrogen-bond acceptors (Lipinski definition) is 3. The zero-order valence-electron chi connectivity index (χ0n) is 18.9. The van der Waals surface area contributed by atoms with Gasteiger partial charge in [0.15, 0.2) is 0 Å². The Labute approximate surface area is 195 Å². The van der Waals surface area contributed by atoms with E-state index in [-0.39, 0.29) is 17.9 Å². The summed E-state index contributed by atoms with van der Waals surface area (Å²) in [7, 11) is 0. The number of hydrogen-bond donors (Lipinski definition) is 1. The van der Waals surface area contributed by atoms with Gasteiger partial charge in [-0.15, -0.1) is 11.8 Å². The SMILES string of the molecule is CCC(C)NC(=O)C(CC)N(Cc1ccc(Cl)cc1)C(=O)CSCc1cccc(C)c1. The van der Waals surface area contributed by atoms with Crippen molar-refractivity contribution >= 4 is 35.2 Å². The number of carbonyl (C=O) groups excluding carboxylic acids is 2. The summed E-state index contributed by atoms with van der Waals surface area (Å²) < 4.78 is 0. The van der Waals surface area contributed by atoms with Gasteiger partial charge in [0, 0.05) is 23.4 Å². The summed E-state index contributed by atoms with van der Waals surface area (Å²) in [6.45, 7) is 8.41. The third-order valence-electron chi connectivity index (χ3n) is 5.23. The molecule has 2 rings (SSSR count). The van der Waals surface area contributed by atoms with Crippen LogP contribution in [0.4, 0.5) is 0 Å². The molecule has 0 spiro atoms. The first kappa shape index (κ1) is 25.3. The van der Waals surface area contributed by atoms with Crippen molar-refractivity contribution in [2.45, 2.75) is 64.9 Å². The molecule has 0 heterocycles. The average molecular weight is 461 g/mol. The number of thioether (sulfide) groups is 1. The van der Waals surface area contributed by atoms with E-state index in [1.807, 2.05) is 51.1 Å². The number of nitrogens with one attached hydrogen (secondary N) is 1. The molecule has 0 aliphatic heterocycles. The number of halogens is 1. The molecule has 168 valence electrons. The Morgan fingerprint density at radius 1 is 1.06 bits per heavy atom. The van der Waals surface area contributed by atoms with Gasteiger partial charge < -0.3 is 10.2 Å². The summed E-state index contributed by atoms with van der Waals surface area (Å²) in [6.07, 6.45) is 1.41. The van der Waals surface area contributed by atoms with Crippen molar-refractivity contribution in [2.75, 3.05) is 5.75 Å². The molecule has 6 heteroatoms. The monoisotopic (exact) mass is 460 g/mol. The van der Waals surface area contributed by atoms with Crippen LogP contribution in [0.2, 0.25) is 5.02 Å². The molecule has 0 saturated heterocycles. The number of nitrogens with zero attached hydrogens (tertiary/aromatic N) is 1. The van der Waals surface area contributed by atoms with Crippen molar-refractivity contribution in [3.05, 3.63) is 70.2 Å². The van der Waals surface area contributed by atoms with Crippen molar-refractivity contribution in [1.82, 2.24) is 10.2 Å². The highest BCUT2D eigenvalue weighted by atomic mass is 35.5. The molecule has 0 fully saturated rings.